The summed E-state index contributed by atoms with van der Waals surface area (Å²) in [6, 6.07) is 11.2. The lowest BCUT2D eigenvalue weighted by molar-refractivity contribution is 0.0793. The molecular weight excluding hydrogens is 192 g/mol. The Hall–Kier alpha value is -1.04. The predicted molar refractivity (Wildman–Crippen MR) is 68.5 cm³/mol. The van der Waals surface area contributed by atoms with E-state index in [1.54, 1.807) is 5.56 Å². The number of fused-ring (bicyclic) bond motifs is 3. The third-order valence-corrected chi connectivity index (χ3v) is 5.12. The molecule has 2 bridgehead atoms. The summed E-state index contributed by atoms with van der Waals surface area (Å²) < 4.78 is 0. The third-order valence-electron chi connectivity index (χ3n) is 5.12. The summed E-state index contributed by atoms with van der Waals surface area (Å²) in [6.07, 6.45) is 10.4. The van der Waals surface area contributed by atoms with E-state index in [1.807, 2.05) is 0 Å². The van der Waals surface area contributed by atoms with Crippen LogP contribution in [0, 0.1) is 5.41 Å². The molecule has 0 atom stereocenters. The molecule has 0 spiro atoms. The Morgan fingerprint density at radius 2 is 1.44 bits per heavy atom. The zero-order chi connectivity index (χ0) is 11.1. The molecule has 1 aromatic rings. The van der Waals surface area contributed by atoms with E-state index in [9.17, 15) is 0 Å². The molecule has 4 rings (SSSR count). The fraction of sp³-hybridized carbons (Fsp3) is 0.500. The monoisotopic (exact) mass is 212 g/mol. The van der Waals surface area contributed by atoms with Gasteiger partial charge >= 0.3 is 0 Å². The van der Waals surface area contributed by atoms with Crippen molar-refractivity contribution in [3.8, 4) is 0 Å². The van der Waals surface area contributed by atoms with Crippen LogP contribution in [0.5, 0.6) is 0 Å². The lowest BCUT2D eigenvalue weighted by Crippen LogP contribution is -2.43. The van der Waals surface area contributed by atoms with Gasteiger partial charge in [0.15, 0.2) is 0 Å². The van der Waals surface area contributed by atoms with Crippen LogP contribution >= 0.6 is 0 Å². The molecule has 0 N–H and O–H groups in total. The molecule has 16 heavy (non-hydrogen) atoms. The van der Waals surface area contributed by atoms with Gasteiger partial charge in [-0.1, -0.05) is 36.4 Å². The van der Waals surface area contributed by atoms with Crippen LogP contribution in [0.1, 0.15) is 44.1 Å². The summed E-state index contributed by atoms with van der Waals surface area (Å²) in [5, 5.41) is 0. The minimum absolute atomic E-state index is 0.497. The molecule has 0 nitrogen and oxygen atoms in total. The van der Waals surface area contributed by atoms with Gasteiger partial charge in [-0.25, -0.2) is 0 Å². The Balaban J connectivity index is 1.91. The van der Waals surface area contributed by atoms with Crippen molar-refractivity contribution in [3.05, 3.63) is 48.6 Å². The molecule has 84 valence electrons. The predicted octanol–water partition coefficient (Wildman–Crippen LogP) is 4.46. The summed E-state index contributed by atoms with van der Waals surface area (Å²) in [6.45, 7) is 4.05. The third kappa shape index (κ3) is 1.36. The van der Waals surface area contributed by atoms with Crippen molar-refractivity contribution in [1.29, 1.82) is 0 Å². The first kappa shape index (κ1) is 10.1. The molecule has 3 aliphatic rings. The van der Waals surface area contributed by atoms with Crippen molar-refractivity contribution >= 4 is 0 Å². The number of rotatable bonds is 2. The first-order valence-corrected chi connectivity index (χ1v) is 6.48. The highest BCUT2D eigenvalue weighted by atomic mass is 14.5. The molecule has 3 fully saturated rings. The average Bonchev–Trinajstić information content (AvgIpc) is 2.42. The van der Waals surface area contributed by atoms with Crippen molar-refractivity contribution in [2.24, 2.45) is 5.41 Å². The standard InChI is InChI=1S/C16H20/c1-2-15-8-11-16(12-9-15,13-10-15)14-6-4-3-5-7-14/h2-7H,1,8-13H2. The normalized spacial score (nSPS) is 37.2. The molecule has 0 aliphatic heterocycles. The van der Waals surface area contributed by atoms with Crippen molar-refractivity contribution < 1.29 is 0 Å². The summed E-state index contributed by atoms with van der Waals surface area (Å²) in [5.74, 6) is 0. The number of allylic oxidation sites excluding steroid dienone is 1. The van der Waals surface area contributed by atoms with E-state index >= 15 is 0 Å². The van der Waals surface area contributed by atoms with Gasteiger partial charge in [0.1, 0.15) is 0 Å². The van der Waals surface area contributed by atoms with Crippen LogP contribution in [-0.2, 0) is 5.41 Å². The van der Waals surface area contributed by atoms with E-state index in [-0.39, 0.29) is 0 Å². The smallest absolute Gasteiger partial charge is 0.00460 e. The van der Waals surface area contributed by atoms with Crippen LogP contribution in [0.2, 0.25) is 0 Å². The van der Waals surface area contributed by atoms with Crippen LogP contribution in [0.15, 0.2) is 43.0 Å². The highest BCUT2D eigenvalue weighted by Crippen LogP contribution is 2.58. The lowest BCUT2D eigenvalue weighted by Gasteiger charge is -2.52. The Morgan fingerprint density at radius 1 is 0.875 bits per heavy atom. The fourth-order valence-electron chi connectivity index (χ4n) is 3.75. The zero-order valence-electron chi connectivity index (χ0n) is 9.91. The van der Waals surface area contributed by atoms with E-state index in [4.69, 9.17) is 0 Å². The maximum atomic E-state index is 4.05. The molecule has 3 saturated carbocycles. The largest absolute Gasteiger partial charge is 0.103 e. The summed E-state index contributed by atoms with van der Waals surface area (Å²) in [7, 11) is 0. The van der Waals surface area contributed by atoms with Gasteiger partial charge < -0.3 is 0 Å². The zero-order valence-corrected chi connectivity index (χ0v) is 9.91. The highest BCUT2D eigenvalue weighted by molar-refractivity contribution is 5.29. The molecule has 0 heteroatoms. The van der Waals surface area contributed by atoms with E-state index in [0.29, 0.717) is 10.8 Å². The van der Waals surface area contributed by atoms with Crippen LogP contribution in [-0.4, -0.2) is 0 Å². The molecule has 0 saturated heterocycles. The van der Waals surface area contributed by atoms with Crippen molar-refractivity contribution in [2.45, 2.75) is 43.9 Å². The van der Waals surface area contributed by atoms with E-state index < -0.39 is 0 Å². The minimum atomic E-state index is 0.497. The van der Waals surface area contributed by atoms with Gasteiger partial charge in [-0.3, -0.25) is 0 Å². The number of hydrogen-bond donors (Lipinski definition) is 0. The highest BCUT2D eigenvalue weighted by Gasteiger charge is 2.47. The minimum Gasteiger partial charge on any atom is -0.103 e. The van der Waals surface area contributed by atoms with Crippen LogP contribution in [0.4, 0.5) is 0 Å². The first-order valence-electron chi connectivity index (χ1n) is 6.48. The van der Waals surface area contributed by atoms with Crippen LogP contribution < -0.4 is 0 Å². The van der Waals surface area contributed by atoms with E-state index in [0.717, 1.165) is 0 Å². The van der Waals surface area contributed by atoms with Gasteiger partial charge in [0.25, 0.3) is 0 Å². The van der Waals surface area contributed by atoms with Crippen LogP contribution in [0.25, 0.3) is 0 Å². The average molecular weight is 212 g/mol. The molecule has 0 heterocycles. The summed E-state index contributed by atoms with van der Waals surface area (Å²) in [5.41, 5.74) is 2.58. The number of benzene rings is 1. The molecule has 1 aromatic carbocycles. The number of hydrogen-bond acceptors (Lipinski definition) is 0. The lowest BCUT2D eigenvalue weighted by atomic mass is 9.52. The Kier molecular flexibility index (Phi) is 2.20. The quantitative estimate of drug-likeness (QED) is 0.635. The van der Waals surface area contributed by atoms with Gasteiger partial charge in [-0.2, -0.15) is 0 Å². The second-order valence-corrected chi connectivity index (χ2v) is 5.71. The fourth-order valence-corrected chi connectivity index (χ4v) is 3.75. The van der Waals surface area contributed by atoms with Gasteiger partial charge in [-0.15, -0.1) is 6.58 Å². The molecule has 0 aromatic heterocycles. The van der Waals surface area contributed by atoms with E-state index in [2.05, 4.69) is 43.0 Å². The van der Waals surface area contributed by atoms with Crippen molar-refractivity contribution in [1.82, 2.24) is 0 Å². The maximum Gasteiger partial charge on any atom is -0.00460 e. The Labute approximate surface area is 98.4 Å². The summed E-state index contributed by atoms with van der Waals surface area (Å²) >= 11 is 0. The Morgan fingerprint density at radius 3 is 1.94 bits per heavy atom. The van der Waals surface area contributed by atoms with Gasteiger partial charge in [0.2, 0.25) is 0 Å². The van der Waals surface area contributed by atoms with E-state index in [1.165, 1.54) is 38.5 Å². The van der Waals surface area contributed by atoms with Crippen LogP contribution in [0.3, 0.4) is 0 Å². The SMILES string of the molecule is C=CC12CCC(c3ccccc3)(CC1)CC2. The first-order chi connectivity index (χ1) is 7.79. The molecular formula is C16H20. The van der Waals surface area contributed by atoms with Crippen molar-refractivity contribution in [3.63, 3.8) is 0 Å². The Bertz CT molecular complexity index is 363. The molecule has 0 amide bonds. The van der Waals surface area contributed by atoms with Gasteiger partial charge in [0.05, 0.1) is 0 Å². The molecule has 0 radical (unpaired) electrons. The summed E-state index contributed by atoms with van der Waals surface area (Å²) in [4.78, 5) is 0. The molecule has 0 unspecified atom stereocenters. The molecule has 3 aliphatic carbocycles. The van der Waals surface area contributed by atoms with Gasteiger partial charge in [0, 0.05) is 0 Å². The van der Waals surface area contributed by atoms with Crippen molar-refractivity contribution in [2.75, 3.05) is 0 Å². The maximum absolute atomic E-state index is 4.05. The topological polar surface area (TPSA) is 0 Å². The second-order valence-electron chi connectivity index (χ2n) is 5.71. The second kappa shape index (κ2) is 3.48. The van der Waals surface area contributed by atoms with Gasteiger partial charge in [-0.05, 0) is 54.9 Å².